The predicted molar refractivity (Wildman–Crippen MR) is 171 cm³/mol. The van der Waals surface area contributed by atoms with Crippen LogP contribution < -0.4 is 0 Å². The molecule has 0 aromatic heterocycles. The molecule has 9 nitrogen and oxygen atoms in total. The molecule has 0 amide bonds. The first kappa shape index (κ1) is 40.5. The molecule has 0 radical (unpaired) electrons. The van der Waals surface area contributed by atoms with E-state index >= 15 is 0 Å². The Labute approximate surface area is 258 Å². The minimum atomic E-state index is -4.77. The summed E-state index contributed by atoms with van der Waals surface area (Å²) in [6.07, 6.45) is 31.5. The predicted octanol–water partition coefficient (Wildman–Crippen LogP) is 7.36. The fourth-order valence-electron chi connectivity index (χ4n) is 3.54. The fourth-order valence-corrected chi connectivity index (χ4v) is 3.90. The van der Waals surface area contributed by atoms with E-state index in [1.54, 1.807) is 6.08 Å². The van der Waals surface area contributed by atoms with Gasteiger partial charge in [-0.15, -0.1) is 0 Å². The minimum absolute atomic E-state index is 0.0601. The second kappa shape index (κ2) is 28.2. The van der Waals surface area contributed by atoms with Gasteiger partial charge in [0.25, 0.3) is 0 Å². The molecule has 0 saturated heterocycles. The molecule has 3 N–H and O–H groups in total. The highest BCUT2D eigenvalue weighted by atomic mass is 31.2. The van der Waals surface area contributed by atoms with Gasteiger partial charge in [-0.2, -0.15) is 0 Å². The van der Waals surface area contributed by atoms with Crippen LogP contribution >= 0.6 is 7.82 Å². The Kier molecular flexibility index (Phi) is 26.6. The number of aliphatic hydroxyl groups is 1. The van der Waals surface area contributed by atoms with Gasteiger partial charge in [0.15, 0.2) is 6.10 Å². The van der Waals surface area contributed by atoms with Crippen LogP contribution in [0.5, 0.6) is 0 Å². The Hall–Kier alpha value is -2.55. The van der Waals surface area contributed by atoms with Crippen molar-refractivity contribution >= 4 is 19.8 Å². The van der Waals surface area contributed by atoms with E-state index in [2.05, 4.69) is 30.5 Å². The second-order valence-corrected chi connectivity index (χ2v) is 11.1. The maximum absolute atomic E-state index is 12.2. The first-order chi connectivity index (χ1) is 20.7. The average molecular weight is 625 g/mol. The molecule has 0 bridgehead atoms. The van der Waals surface area contributed by atoms with Gasteiger partial charge < -0.3 is 24.4 Å². The number of phosphoric ester groups is 1. The Morgan fingerprint density at radius 1 is 0.744 bits per heavy atom. The third-order valence-corrected chi connectivity index (χ3v) is 6.32. The monoisotopic (exact) mass is 624 g/mol. The fraction of sp³-hybridized carbons (Fsp3) is 0.576. The first-order valence-electron chi connectivity index (χ1n) is 15.3. The van der Waals surface area contributed by atoms with Crippen LogP contribution in [0.3, 0.4) is 0 Å². The molecule has 0 rings (SSSR count). The lowest BCUT2D eigenvalue weighted by Crippen LogP contribution is -2.29. The van der Waals surface area contributed by atoms with Crippen molar-refractivity contribution in [2.45, 2.75) is 110 Å². The summed E-state index contributed by atoms with van der Waals surface area (Å²) in [5, 5.41) is 9.92. The number of esters is 2. The highest BCUT2D eigenvalue weighted by Crippen LogP contribution is 2.35. The zero-order chi connectivity index (χ0) is 32.0. The summed E-state index contributed by atoms with van der Waals surface area (Å²) in [7, 11) is -4.77. The summed E-state index contributed by atoms with van der Waals surface area (Å²) in [5.74, 6) is -1.04. The maximum atomic E-state index is 12.2. The van der Waals surface area contributed by atoms with E-state index in [1.165, 1.54) is 0 Å². The van der Waals surface area contributed by atoms with Crippen molar-refractivity contribution in [3.8, 4) is 0 Å². The number of unbranched alkanes of at least 4 members (excludes halogenated alkanes) is 4. The number of carbonyl (C=O) groups is 2. The summed E-state index contributed by atoms with van der Waals surface area (Å²) in [4.78, 5) is 42.1. The Morgan fingerprint density at radius 3 is 2.09 bits per heavy atom. The summed E-state index contributed by atoms with van der Waals surface area (Å²) >= 11 is 0. The third-order valence-electron chi connectivity index (χ3n) is 5.83. The van der Waals surface area contributed by atoms with Crippen molar-refractivity contribution in [3.63, 3.8) is 0 Å². The zero-order valence-corrected chi connectivity index (χ0v) is 26.8. The molecule has 0 aliphatic heterocycles. The van der Waals surface area contributed by atoms with Gasteiger partial charge >= 0.3 is 19.8 Å². The number of phosphoric acid groups is 1. The van der Waals surface area contributed by atoms with Gasteiger partial charge in [-0.1, -0.05) is 112 Å². The van der Waals surface area contributed by atoms with Crippen molar-refractivity contribution in [2.75, 3.05) is 13.2 Å². The van der Waals surface area contributed by atoms with Crippen LogP contribution in [-0.2, 0) is 28.2 Å². The van der Waals surface area contributed by atoms with Gasteiger partial charge in [0.2, 0.25) is 0 Å². The first-order valence-corrected chi connectivity index (χ1v) is 16.9. The highest BCUT2D eigenvalue weighted by molar-refractivity contribution is 7.46. The maximum Gasteiger partial charge on any atom is 0.469 e. The lowest BCUT2D eigenvalue weighted by atomic mass is 10.1. The number of carbonyl (C=O) groups excluding carboxylic acids is 2. The number of rotatable bonds is 26. The van der Waals surface area contributed by atoms with Crippen LogP contribution in [0.25, 0.3) is 0 Å². The van der Waals surface area contributed by atoms with E-state index in [0.29, 0.717) is 25.7 Å². The van der Waals surface area contributed by atoms with Crippen LogP contribution in [-0.4, -0.2) is 52.3 Å². The molecular formula is C33H53O9P. The molecule has 0 aromatic carbocycles. The molecule has 0 spiro atoms. The van der Waals surface area contributed by atoms with Crippen LogP contribution in [0.1, 0.15) is 97.3 Å². The lowest BCUT2D eigenvalue weighted by Gasteiger charge is -2.18. The molecular weight excluding hydrogens is 571 g/mol. The minimum Gasteiger partial charge on any atom is -0.462 e. The summed E-state index contributed by atoms with van der Waals surface area (Å²) in [6, 6.07) is 0. The number of aliphatic hydroxyl groups excluding tert-OH is 1. The van der Waals surface area contributed by atoms with E-state index in [0.717, 1.165) is 44.9 Å². The van der Waals surface area contributed by atoms with Crippen molar-refractivity contribution in [1.29, 1.82) is 0 Å². The van der Waals surface area contributed by atoms with Crippen LogP contribution in [0.15, 0.2) is 72.9 Å². The van der Waals surface area contributed by atoms with Crippen molar-refractivity contribution in [1.82, 2.24) is 0 Å². The van der Waals surface area contributed by atoms with Crippen molar-refractivity contribution in [2.24, 2.45) is 0 Å². The molecule has 1 unspecified atom stereocenters. The second-order valence-electron chi connectivity index (χ2n) is 9.90. The molecule has 0 aliphatic carbocycles. The molecule has 43 heavy (non-hydrogen) atoms. The number of allylic oxidation sites excluding steroid dienone is 10. The lowest BCUT2D eigenvalue weighted by molar-refractivity contribution is -0.161. The SMILES string of the molecule is CC/C=C\C/C=C\CC(O)/C=C/C=C\C/C=C\C/C=C\CCC(=O)O[C@H](COC(=O)CCCCCCC)COP(=O)(O)O. The van der Waals surface area contributed by atoms with Crippen molar-refractivity contribution in [3.05, 3.63) is 72.9 Å². The average Bonchev–Trinajstić information content (AvgIpc) is 2.96. The topological polar surface area (TPSA) is 140 Å². The molecule has 244 valence electrons. The molecule has 0 aromatic rings. The van der Waals surface area contributed by atoms with E-state index in [4.69, 9.17) is 19.3 Å². The number of ether oxygens (including phenoxy) is 2. The van der Waals surface area contributed by atoms with E-state index in [9.17, 15) is 19.3 Å². The van der Waals surface area contributed by atoms with E-state index in [1.807, 2.05) is 54.7 Å². The van der Waals surface area contributed by atoms with Crippen LogP contribution in [0, 0.1) is 0 Å². The van der Waals surface area contributed by atoms with Crippen LogP contribution in [0.4, 0.5) is 0 Å². The van der Waals surface area contributed by atoms with Gasteiger partial charge in [-0.05, 0) is 44.9 Å². The molecule has 0 heterocycles. The summed E-state index contributed by atoms with van der Waals surface area (Å²) in [5.41, 5.74) is 0. The van der Waals surface area contributed by atoms with Gasteiger partial charge in [0, 0.05) is 12.8 Å². The molecule has 0 aliphatic rings. The quantitative estimate of drug-likeness (QED) is 0.0296. The Bertz CT molecular complexity index is 944. The molecule has 10 heteroatoms. The number of hydrogen-bond acceptors (Lipinski definition) is 7. The highest BCUT2D eigenvalue weighted by Gasteiger charge is 2.22. The van der Waals surface area contributed by atoms with Gasteiger partial charge in [0.05, 0.1) is 12.7 Å². The third kappa shape index (κ3) is 30.7. The largest absolute Gasteiger partial charge is 0.469 e. The zero-order valence-electron chi connectivity index (χ0n) is 25.9. The smallest absolute Gasteiger partial charge is 0.462 e. The van der Waals surface area contributed by atoms with Gasteiger partial charge in [0.1, 0.15) is 6.61 Å². The summed E-state index contributed by atoms with van der Waals surface area (Å²) in [6.45, 7) is 3.28. The van der Waals surface area contributed by atoms with E-state index in [-0.39, 0.29) is 19.4 Å². The molecule has 2 atom stereocenters. The molecule has 0 saturated carbocycles. The molecule has 0 fully saturated rings. The van der Waals surface area contributed by atoms with E-state index < -0.39 is 38.6 Å². The Morgan fingerprint density at radius 2 is 1.40 bits per heavy atom. The van der Waals surface area contributed by atoms with Crippen LogP contribution in [0.2, 0.25) is 0 Å². The van der Waals surface area contributed by atoms with Gasteiger partial charge in [-0.25, -0.2) is 4.57 Å². The van der Waals surface area contributed by atoms with Crippen molar-refractivity contribution < 1.29 is 43.0 Å². The number of hydrogen-bond donors (Lipinski definition) is 3. The Balaban J connectivity index is 4.25. The normalized spacial score (nSPS) is 14.3. The van der Waals surface area contributed by atoms with Gasteiger partial charge in [-0.3, -0.25) is 14.1 Å². The summed E-state index contributed by atoms with van der Waals surface area (Å²) < 4.78 is 25.9. The standard InChI is InChI=1S/C33H53O9P/c1-3-5-7-9-17-20-24-30(34)25-21-18-14-12-10-11-13-15-19-23-27-33(36)42-31(29-41-43(37,38)39)28-40-32(35)26-22-16-8-6-4-2/h5,7,10-11,14-15,17-21,25,30-31,34H,3-4,6,8-9,12-13,16,22-24,26-29H2,1-2H3,(H2,37,38,39)/b7-5-,11-10-,18-14-,19-15-,20-17-,25-21+/t30?,31-/m1/s1.